The van der Waals surface area contributed by atoms with Gasteiger partial charge in [0, 0.05) is 22.5 Å². The number of carbonyl (C=O) groups excluding carboxylic acids is 1. The molecule has 7 nitrogen and oxygen atoms in total. The van der Waals surface area contributed by atoms with Crippen LogP contribution in [0.2, 0.25) is 5.02 Å². The van der Waals surface area contributed by atoms with Gasteiger partial charge in [-0.25, -0.2) is 8.42 Å². The molecule has 0 aliphatic heterocycles. The summed E-state index contributed by atoms with van der Waals surface area (Å²) in [6, 6.07) is 16.2. The molecule has 0 atom stereocenters. The van der Waals surface area contributed by atoms with E-state index in [2.05, 4.69) is 10.3 Å². The van der Waals surface area contributed by atoms with E-state index in [0.717, 1.165) is 11.1 Å². The lowest BCUT2D eigenvalue weighted by Crippen LogP contribution is -2.30. The maximum atomic E-state index is 13.7. The summed E-state index contributed by atoms with van der Waals surface area (Å²) in [6.07, 6.45) is 0. The van der Waals surface area contributed by atoms with Crippen LogP contribution in [0.1, 0.15) is 27.2 Å². The molecule has 174 valence electrons. The molecule has 10 heteroatoms. The quantitative estimate of drug-likeness (QED) is 0.306. The van der Waals surface area contributed by atoms with E-state index in [1.807, 2.05) is 19.9 Å². The molecule has 0 saturated carbocycles. The predicted molar refractivity (Wildman–Crippen MR) is 132 cm³/mol. The predicted octanol–water partition coefficient (Wildman–Crippen LogP) is 2.88. The van der Waals surface area contributed by atoms with Crippen LogP contribution in [-0.2, 0) is 16.4 Å². The van der Waals surface area contributed by atoms with Crippen molar-refractivity contribution in [2.75, 3.05) is 0 Å². The van der Waals surface area contributed by atoms with Gasteiger partial charge in [0.2, 0.25) is 9.84 Å². The molecule has 0 fully saturated rings. The molecule has 0 spiro atoms. The number of sulfone groups is 1. The Labute approximate surface area is 202 Å². The number of H-pyrrole nitrogens is 1. The highest BCUT2D eigenvalue weighted by Gasteiger charge is 2.30. The molecule has 0 bridgehead atoms. The van der Waals surface area contributed by atoms with Crippen molar-refractivity contribution in [3.63, 3.8) is 0 Å². The molecule has 0 aliphatic rings. The second-order valence-corrected chi connectivity index (χ2v) is 10.5. The van der Waals surface area contributed by atoms with E-state index in [0.29, 0.717) is 27.0 Å². The second-order valence-electron chi connectivity index (χ2n) is 8.14. The van der Waals surface area contributed by atoms with E-state index >= 15 is 0 Å². The summed E-state index contributed by atoms with van der Waals surface area (Å²) >= 11 is 6.16. The average molecular weight is 497 g/mol. The molecule has 0 saturated heterocycles. The average Bonchev–Trinajstić information content (AvgIpc) is 3.16. The van der Waals surface area contributed by atoms with Crippen molar-refractivity contribution < 1.29 is 23.3 Å². The van der Waals surface area contributed by atoms with E-state index in [1.165, 1.54) is 18.2 Å². The SMILES string of the molecule is Cc1cc(C)cc(S(=O)(=O)c2c(C(=O)NCc3ccc(B(O)O)cc3)[nH]c3ccc(Cl)cc23)c1. The van der Waals surface area contributed by atoms with Crippen LogP contribution in [0.5, 0.6) is 0 Å². The molecule has 4 rings (SSSR count). The molecular weight excluding hydrogens is 475 g/mol. The van der Waals surface area contributed by atoms with Crippen LogP contribution in [0.3, 0.4) is 0 Å². The van der Waals surface area contributed by atoms with Gasteiger partial charge in [-0.15, -0.1) is 0 Å². The first-order chi connectivity index (χ1) is 16.1. The van der Waals surface area contributed by atoms with Crippen molar-refractivity contribution in [3.8, 4) is 0 Å². The minimum Gasteiger partial charge on any atom is -0.423 e. The minimum atomic E-state index is -4.06. The monoisotopic (exact) mass is 496 g/mol. The topological polar surface area (TPSA) is 119 Å². The fraction of sp³-hybridized carbons (Fsp3) is 0.125. The zero-order valence-corrected chi connectivity index (χ0v) is 20.0. The Hall–Kier alpha value is -3.11. The normalized spacial score (nSPS) is 11.6. The number of nitrogens with one attached hydrogen (secondary N) is 2. The number of aryl methyl sites for hydroxylation is 2. The summed E-state index contributed by atoms with van der Waals surface area (Å²) in [5.41, 5.74) is 3.00. The molecule has 0 unspecified atom stereocenters. The van der Waals surface area contributed by atoms with Gasteiger partial charge in [0.25, 0.3) is 5.91 Å². The first-order valence-corrected chi connectivity index (χ1v) is 12.3. The van der Waals surface area contributed by atoms with E-state index in [-0.39, 0.29) is 22.0 Å². The number of hydrogen-bond donors (Lipinski definition) is 4. The van der Waals surface area contributed by atoms with E-state index in [9.17, 15) is 23.3 Å². The number of fused-ring (bicyclic) bond motifs is 1. The highest BCUT2D eigenvalue weighted by molar-refractivity contribution is 7.91. The van der Waals surface area contributed by atoms with E-state index in [4.69, 9.17) is 11.6 Å². The standard InChI is InChI=1S/C24H22BClN2O5S/c1-14-9-15(2)11-19(10-14)34(32,33)23-20-12-18(26)7-8-21(20)28-22(23)24(29)27-13-16-3-5-17(6-4-16)25(30)31/h3-12,28,30-31H,13H2,1-2H3,(H,27,29). The molecule has 0 aliphatic carbocycles. The van der Waals surface area contributed by atoms with Crippen molar-refractivity contribution in [3.05, 3.63) is 88.1 Å². The summed E-state index contributed by atoms with van der Waals surface area (Å²) in [4.78, 5) is 16.1. The fourth-order valence-electron chi connectivity index (χ4n) is 3.86. The smallest absolute Gasteiger partial charge is 0.423 e. The Morgan fingerprint density at radius 1 is 1.00 bits per heavy atom. The summed E-state index contributed by atoms with van der Waals surface area (Å²) in [5.74, 6) is -0.596. The van der Waals surface area contributed by atoms with Gasteiger partial charge >= 0.3 is 7.12 Å². The number of amides is 1. The number of aromatic nitrogens is 1. The number of benzene rings is 3. The van der Waals surface area contributed by atoms with Crippen LogP contribution in [0.15, 0.2) is 70.5 Å². The highest BCUT2D eigenvalue weighted by atomic mass is 35.5. The van der Waals surface area contributed by atoms with Crippen LogP contribution >= 0.6 is 11.6 Å². The Morgan fingerprint density at radius 2 is 1.65 bits per heavy atom. The van der Waals surface area contributed by atoms with Crippen molar-refractivity contribution >= 4 is 50.8 Å². The highest BCUT2D eigenvalue weighted by Crippen LogP contribution is 2.34. The zero-order chi connectivity index (χ0) is 24.6. The second kappa shape index (κ2) is 9.27. The third-order valence-electron chi connectivity index (χ3n) is 5.45. The van der Waals surface area contributed by atoms with Crippen LogP contribution in [0.4, 0.5) is 0 Å². The number of carbonyl (C=O) groups is 1. The summed E-state index contributed by atoms with van der Waals surface area (Å²) in [5, 5.41) is 21.9. The summed E-state index contributed by atoms with van der Waals surface area (Å²) in [6.45, 7) is 3.74. The lowest BCUT2D eigenvalue weighted by Gasteiger charge is -2.10. The lowest BCUT2D eigenvalue weighted by molar-refractivity contribution is 0.0943. The van der Waals surface area contributed by atoms with Crippen molar-refractivity contribution in [2.24, 2.45) is 0 Å². The first kappa shape index (κ1) is 24.0. The number of halogens is 1. The molecule has 0 radical (unpaired) electrons. The maximum absolute atomic E-state index is 13.7. The van der Waals surface area contributed by atoms with Crippen LogP contribution in [0, 0.1) is 13.8 Å². The van der Waals surface area contributed by atoms with Crippen LogP contribution < -0.4 is 10.8 Å². The Morgan fingerprint density at radius 3 is 2.26 bits per heavy atom. The molecule has 34 heavy (non-hydrogen) atoms. The molecule has 3 aromatic carbocycles. The van der Waals surface area contributed by atoms with Gasteiger partial charge in [-0.2, -0.15) is 0 Å². The molecule has 1 amide bonds. The van der Waals surface area contributed by atoms with Gasteiger partial charge in [-0.1, -0.05) is 41.9 Å². The molecule has 4 aromatic rings. The molecule has 1 heterocycles. The van der Waals surface area contributed by atoms with Crippen LogP contribution in [-0.4, -0.2) is 36.5 Å². The summed E-state index contributed by atoms with van der Waals surface area (Å²) in [7, 11) is -5.65. The molecule has 4 N–H and O–H groups in total. The molecular formula is C24H22BClN2O5S. The van der Waals surface area contributed by atoms with Gasteiger partial charge in [0.15, 0.2) is 0 Å². The summed E-state index contributed by atoms with van der Waals surface area (Å²) < 4.78 is 27.5. The van der Waals surface area contributed by atoms with Gasteiger partial charge in [0.05, 0.1) is 4.90 Å². The third kappa shape index (κ3) is 4.74. The largest absolute Gasteiger partial charge is 0.488 e. The molecule has 1 aromatic heterocycles. The third-order valence-corrected chi connectivity index (χ3v) is 7.50. The van der Waals surface area contributed by atoms with Gasteiger partial charge in [-0.3, -0.25) is 4.79 Å². The lowest BCUT2D eigenvalue weighted by atomic mass is 9.80. The Kier molecular flexibility index (Phi) is 6.55. The van der Waals surface area contributed by atoms with E-state index < -0.39 is 22.9 Å². The van der Waals surface area contributed by atoms with Crippen molar-refractivity contribution in [2.45, 2.75) is 30.2 Å². The number of rotatable bonds is 6. The first-order valence-electron chi connectivity index (χ1n) is 10.4. The Bertz CT molecular complexity index is 1480. The number of hydrogen-bond acceptors (Lipinski definition) is 5. The van der Waals surface area contributed by atoms with Gasteiger partial charge in [-0.05, 0) is 66.3 Å². The fourth-order valence-corrected chi connectivity index (χ4v) is 5.82. The zero-order valence-electron chi connectivity index (χ0n) is 18.5. The Balaban J connectivity index is 1.75. The van der Waals surface area contributed by atoms with Crippen molar-refractivity contribution in [1.82, 2.24) is 10.3 Å². The van der Waals surface area contributed by atoms with Gasteiger partial charge < -0.3 is 20.3 Å². The minimum absolute atomic E-state index is 0.0844. The van der Waals surface area contributed by atoms with Crippen LogP contribution in [0.25, 0.3) is 10.9 Å². The van der Waals surface area contributed by atoms with E-state index in [1.54, 1.807) is 36.4 Å². The number of aromatic amines is 1. The maximum Gasteiger partial charge on any atom is 0.488 e. The van der Waals surface area contributed by atoms with Crippen molar-refractivity contribution in [1.29, 1.82) is 0 Å². The van der Waals surface area contributed by atoms with Gasteiger partial charge in [0.1, 0.15) is 10.6 Å².